The van der Waals surface area contributed by atoms with E-state index in [1.165, 1.54) is 65.3 Å². The van der Waals surface area contributed by atoms with Gasteiger partial charge < -0.3 is 0 Å². The van der Waals surface area contributed by atoms with Gasteiger partial charge in [-0.1, -0.05) is 39.8 Å². The molecule has 0 saturated carbocycles. The van der Waals surface area contributed by atoms with Crippen LogP contribution in [-0.2, 0) is 10.8 Å². The van der Waals surface area contributed by atoms with Crippen LogP contribution >= 0.6 is 56.7 Å². The molecule has 2 aliphatic carbocycles. The van der Waals surface area contributed by atoms with Crippen LogP contribution in [0.2, 0.25) is 0 Å². The lowest BCUT2D eigenvalue weighted by atomic mass is 9.82. The van der Waals surface area contributed by atoms with E-state index in [0.717, 1.165) is 0 Å². The third-order valence-corrected chi connectivity index (χ3v) is 14.2. The van der Waals surface area contributed by atoms with E-state index in [1.807, 2.05) is 22.7 Å². The topological polar surface area (TPSA) is 0 Å². The number of aryl methyl sites for hydroxylation is 2. The number of hydrogen-bond donors (Lipinski definition) is 0. The average molecular weight is 519 g/mol. The fraction of sp³-hybridized carbons (Fsp3) is 0.286. The second-order valence-electron chi connectivity index (χ2n) is 10.6. The van der Waals surface area contributed by atoms with Crippen molar-refractivity contribution in [2.75, 3.05) is 0 Å². The lowest BCUT2D eigenvalue weighted by molar-refractivity contribution is 0.668. The molecule has 8 rings (SSSR count). The largest absolute Gasteiger partial charge is 0.140 e. The number of rotatable bonds is 0. The lowest BCUT2D eigenvalue weighted by Gasteiger charge is -2.21. The van der Waals surface area contributed by atoms with Gasteiger partial charge in [0, 0.05) is 40.4 Å². The van der Waals surface area contributed by atoms with Crippen molar-refractivity contribution in [1.29, 1.82) is 0 Å². The summed E-state index contributed by atoms with van der Waals surface area (Å²) in [5, 5.41) is 1.47. The van der Waals surface area contributed by atoms with Crippen molar-refractivity contribution < 1.29 is 0 Å². The number of hydrogen-bond acceptors (Lipinski definition) is 5. The predicted octanol–water partition coefficient (Wildman–Crippen LogP) is 10.7. The Morgan fingerprint density at radius 2 is 1.15 bits per heavy atom. The first-order valence-electron chi connectivity index (χ1n) is 11.4. The van der Waals surface area contributed by atoms with Gasteiger partial charge in [-0.3, -0.25) is 0 Å². The summed E-state index contributed by atoms with van der Waals surface area (Å²) in [6, 6.07) is 9.68. The fourth-order valence-corrected chi connectivity index (χ4v) is 13.8. The van der Waals surface area contributed by atoms with Crippen LogP contribution in [0.25, 0.3) is 49.1 Å². The van der Waals surface area contributed by atoms with Crippen LogP contribution in [0, 0.1) is 13.8 Å². The number of thiophene rings is 5. The van der Waals surface area contributed by atoms with E-state index in [4.69, 9.17) is 0 Å². The van der Waals surface area contributed by atoms with Crippen LogP contribution < -0.4 is 0 Å². The molecule has 5 heterocycles. The summed E-state index contributed by atoms with van der Waals surface area (Å²) in [7, 11) is 0. The molecule has 0 fully saturated rings. The Labute approximate surface area is 213 Å². The molecular weight excluding hydrogens is 497 g/mol. The summed E-state index contributed by atoms with van der Waals surface area (Å²) in [5.74, 6) is 0. The van der Waals surface area contributed by atoms with Gasteiger partial charge in [-0.15, -0.1) is 56.7 Å². The quantitative estimate of drug-likeness (QED) is 0.188. The summed E-state index contributed by atoms with van der Waals surface area (Å²) >= 11 is 10.1. The molecule has 0 bridgehead atoms. The van der Waals surface area contributed by atoms with Gasteiger partial charge in [-0.2, -0.15) is 0 Å². The second-order valence-corrected chi connectivity index (χ2v) is 16.2. The smallest absolute Gasteiger partial charge is 0.0642 e. The highest BCUT2D eigenvalue weighted by molar-refractivity contribution is 7.42. The highest BCUT2D eigenvalue weighted by atomic mass is 32.1. The molecule has 0 saturated heterocycles. The maximum atomic E-state index is 2.43. The molecular formula is C28H22S5. The maximum absolute atomic E-state index is 2.43. The summed E-state index contributed by atoms with van der Waals surface area (Å²) in [5.41, 5.74) is 7.85. The maximum Gasteiger partial charge on any atom is 0.0642 e. The Bertz CT molecular complexity index is 1840. The second kappa shape index (κ2) is 5.83. The Morgan fingerprint density at radius 1 is 0.545 bits per heavy atom. The monoisotopic (exact) mass is 518 g/mol. The summed E-state index contributed by atoms with van der Waals surface area (Å²) < 4.78 is 7.61. The zero-order valence-electron chi connectivity index (χ0n) is 19.4. The number of benzene rings is 1. The summed E-state index contributed by atoms with van der Waals surface area (Å²) in [6.07, 6.45) is 0. The molecule has 33 heavy (non-hydrogen) atoms. The Morgan fingerprint density at radius 3 is 1.91 bits per heavy atom. The first-order valence-corrected chi connectivity index (χ1v) is 15.4. The van der Waals surface area contributed by atoms with Gasteiger partial charge in [0.1, 0.15) is 0 Å². The van der Waals surface area contributed by atoms with Gasteiger partial charge in [0.25, 0.3) is 0 Å². The Balaban J connectivity index is 1.46. The molecule has 0 N–H and O–H groups in total. The van der Waals surface area contributed by atoms with E-state index in [1.54, 1.807) is 15.8 Å². The van der Waals surface area contributed by atoms with Crippen molar-refractivity contribution in [2.24, 2.45) is 0 Å². The van der Waals surface area contributed by atoms with E-state index in [0.29, 0.717) is 0 Å². The van der Waals surface area contributed by atoms with Crippen LogP contribution in [0.4, 0.5) is 0 Å². The highest BCUT2D eigenvalue weighted by Gasteiger charge is 2.42. The van der Waals surface area contributed by atoms with Gasteiger partial charge in [0.2, 0.25) is 0 Å². The molecule has 2 aliphatic rings. The first kappa shape index (κ1) is 19.8. The molecule has 6 aromatic rings. The van der Waals surface area contributed by atoms with Crippen LogP contribution in [0.1, 0.15) is 59.7 Å². The minimum atomic E-state index is 0.0730. The minimum absolute atomic E-state index is 0.0730. The third kappa shape index (κ3) is 2.14. The highest BCUT2D eigenvalue weighted by Crippen LogP contribution is 2.63. The SMILES string of the molecule is Cc1cc2c(s1)-c1ccc3c(sc4c5sc6c(c5sc34)C(C)(C)c3cc(C)sc3-6)c1C2(C)C. The van der Waals surface area contributed by atoms with Crippen LogP contribution in [-0.4, -0.2) is 0 Å². The lowest BCUT2D eigenvalue weighted by Crippen LogP contribution is -2.14. The van der Waals surface area contributed by atoms with E-state index >= 15 is 0 Å². The predicted molar refractivity (Wildman–Crippen MR) is 153 cm³/mol. The average Bonchev–Trinajstić information content (AvgIpc) is 3.54. The molecule has 0 atom stereocenters. The molecule has 0 nitrogen and oxygen atoms in total. The van der Waals surface area contributed by atoms with Crippen molar-refractivity contribution in [3.05, 3.63) is 56.3 Å². The zero-order chi connectivity index (χ0) is 22.6. The Kier molecular flexibility index (Phi) is 3.49. The minimum Gasteiger partial charge on any atom is -0.140 e. The van der Waals surface area contributed by atoms with Crippen LogP contribution in [0.5, 0.6) is 0 Å². The van der Waals surface area contributed by atoms with E-state index < -0.39 is 0 Å². The molecule has 0 radical (unpaired) electrons. The van der Waals surface area contributed by atoms with Crippen molar-refractivity contribution in [3.8, 4) is 20.2 Å². The first-order chi connectivity index (χ1) is 15.7. The van der Waals surface area contributed by atoms with Crippen LogP contribution in [0.15, 0.2) is 24.3 Å². The molecule has 0 spiro atoms. The number of fused-ring (bicyclic) bond motifs is 13. The summed E-state index contributed by atoms with van der Waals surface area (Å²) in [6.45, 7) is 14.2. The fourth-order valence-electron chi connectivity index (χ4n) is 6.29. The standard InChI is InChI=1S/C28H22S5/c1-11-9-15-19(29-11)13-7-8-14-20(17(13)27(15,3)4)31-25-21(14)32-24-18-23(33-26(24)25)22-16(28(18,5)6)10-12(2)30-22/h7-10H,1-6H3. The van der Waals surface area contributed by atoms with Gasteiger partial charge >= 0.3 is 0 Å². The Hall–Kier alpha value is -1.50. The molecule has 5 heteroatoms. The van der Waals surface area contributed by atoms with Gasteiger partial charge in [-0.05, 0) is 53.8 Å². The van der Waals surface area contributed by atoms with Crippen molar-refractivity contribution in [2.45, 2.75) is 52.4 Å². The van der Waals surface area contributed by atoms with Crippen molar-refractivity contribution in [3.63, 3.8) is 0 Å². The van der Waals surface area contributed by atoms with E-state index in [9.17, 15) is 0 Å². The normalized spacial score (nSPS) is 17.3. The van der Waals surface area contributed by atoms with Crippen molar-refractivity contribution >= 4 is 85.6 Å². The van der Waals surface area contributed by atoms with Crippen molar-refractivity contribution in [1.82, 2.24) is 0 Å². The van der Waals surface area contributed by atoms with Crippen LogP contribution in [0.3, 0.4) is 0 Å². The van der Waals surface area contributed by atoms with Gasteiger partial charge in [-0.25, -0.2) is 0 Å². The van der Waals surface area contributed by atoms with E-state index in [-0.39, 0.29) is 10.8 Å². The summed E-state index contributed by atoms with van der Waals surface area (Å²) in [4.78, 5) is 7.41. The molecule has 164 valence electrons. The molecule has 0 aliphatic heterocycles. The zero-order valence-corrected chi connectivity index (χ0v) is 23.4. The third-order valence-electron chi connectivity index (χ3n) is 7.85. The van der Waals surface area contributed by atoms with Gasteiger partial charge in [0.05, 0.1) is 23.7 Å². The molecule has 0 amide bonds. The molecule has 1 aromatic carbocycles. The molecule has 5 aromatic heterocycles. The molecule has 0 unspecified atom stereocenters. The van der Waals surface area contributed by atoms with Gasteiger partial charge in [0.15, 0.2) is 0 Å². The van der Waals surface area contributed by atoms with E-state index in [2.05, 4.69) is 99.8 Å².